The summed E-state index contributed by atoms with van der Waals surface area (Å²) >= 11 is 0. The summed E-state index contributed by atoms with van der Waals surface area (Å²) in [5.41, 5.74) is 1.14. The van der Waals surface area contributed by atoms with Gasteiger partial charge in [-0.2, -0.15) is 0 Å². The molecule has 0 fully saturated rings. The molecule has 0 atom stereocenters. The Balaban J connectivity index is 2.58. The predicted octanol–water partition coefficient (Wildman–Crippen LogP) is 1.62. The summed E-state index contributed by atoms with van der Waals surface area (Å²) in [4.78, 5) is 0. The van der Waals surface area contributed by atoms with Crippen molar-refractivity contribution in [1.29, 1.82) is 0 Å². The first-order valence-corrected chi connectivity index (χ1v) is 4.19. The lowest BCUT2D eigenvalue weighted by molar-refractivity contribution is 0.299. The highest BCUT2D eigenvalue weighted by Gasteiger charge is 1.93. The number of rotatable bonds is 4. The van der Waals surface area contributed by atoms with Crippen molar-refractivity contribution >= 4 is 0 Å². The van der Waals surface area contributed by atoms with Gasteiger partial charge in [0.05, 0.1) is 6.61 Å². The zero-order valence-corrected chi connectivity index (χ0v) is 7.29. The molecule has 0 aliphatic carbocycles. The van der Waals surface area contributed by atoms with Crippen molar-refractivity contribution in [2.75, 3.05) is 13.2 Å². The van der Waals surface area contributed by atoms with Crippen LogP contribution in [0.5, 0.6) is 5.75 Å². The minimum atomic E-state index is 0.202. The highest BCUT2D eigenvalue weighted by molar-refractivity contribution is 5.27. The Bertz CT molecular complexity index is 191. The van der Waals surface area contributed by atoms with E-state index in [1.165, 1.54) is 0 Å². The number of aliphatic hydroxyl groups excluding tert-OH is 1. The van der Waals surface area contributed by atoms with Crippen molar-refractivity contribution in [1.82, 2.24) is 0 Å². The fraction of sp³-hybridized carbons (Fsp3) is 0.400. The van der Waals surface area contributed by atoms with E-state index in [0.717, 1.165) is 11.3 Å². The van der Waals surface area contributed by atoms with E-state index in [9.17, 15) is 0 Å². The molecule has 0 spiro atoms. The van der Waals surface area contributed by atoms with Crippen molar-refractivity contribution in [3.63, 3.8) is 0 Å². The largest absolute Gasteiger partial charge is 0.494 e. The van der Waals surface area contributed by atoms with E-state index in [1.54, 1.807) is 0 Å². The van der Waals surface area contributed by atoms with Crippen LogP contribution in [0.25, 0.3) is 0 Å². The molecule has 1 rings (SSSR count). The molecule has 1 N–H and O–H groups in total. The Morgan fingerprint density at radius 2 is 1.92 bits per heavy atom. The maximum absolute atomic E-state index is 8.66. The highest BCUT2D eigenvalue weighted by atomic mass is 16.5. The Morgan fingerprint density at radius 3 is 2.42 bits per heavy atom. The van der Waals surface area contributed by atoms with E-state index in [4.69, 9.17) is 9.84 Å². The van der Waals surface area contributed by atoms with E-state index in [2.05, 4.69) is 0 Å². The molecule has 66 valence electrons. The van der Waals surface area contributed by atoms with Crippen LogP contribution < -0.4 is 4.74 Å². The average molecular weight is 166 g/mol. The zero-order valence-electron chi connectivity index (χ0n) is 7.29. The fourth-order valence-corrected chi connectivity index (χ4v) is 1.05. The molecule has 0 aliphatic heterocycles. The van der Waals surface area contributed by atoms with Crippen LogP contribution in [-0.2, 0) is 6.42 Å². The Hall–Kier alpha value is -1.02. The molecule has 0 heterocycles. The van der Waals surface area contributed by atoms with Crippen LogP contribution in [0, 0.1) is 0 Å². The normalized spacial score (nSPS) is 9.83. The molecular formula is C10H14O2. The second-order valence-corrected chi connectivity index (χ2v) is 2.55. The van der Waals surface area contributed by atoms with Gasteiger partial charge in [-0.1, -0.05) is 12.1 Å². The van der Waals surface area contributed by atoms with Crippen LogP contribution >= 0.6 is 0 Å². The predicted molar refractivity (Wildman–Crippen MR) is 48.4 cm³/mol. The van der Waals surface area contributed by atoms with E-state index < -0.39 is 0 Å². The van der Waals surface area contributed by atoms with Crippen LogP contribution in [-0.4, -0.2) is 18.3 Å². The molecule has 0 aliphatic rings. The number of hydrogen-bond donors (Lipinski definition) is 1. The summed E-state index contributed by atoms with van der Waals surface area (Å²) in [5, 5.41) is 8.66. The Kier molecular flexibility index (Phi) is 3.61. The molecule has 2 heteroatoms. The maximum Gasteiger partial charge on any atom is 0.119 e. The van der Waals surface area contributed by atoms with Crippen molar-refractivity contribution < 1.29 is 9.84 Å². The van der Waals surface area contributed by atoms with Crippen LogP contribution in [0.4, 0.5) is 0 Å². The summed E-state index contributed by atoms with van der Waals surface area (Å²) in [6, 6.07) is 7.80. The van der Waals surface area contributed by atoms with Gasteiger partial charge in [0.1, 0.15) is 5.75 Å². The molecule has 1 aromatic carbocycles. The van der Waals surface area contributed by atoms with Gasteiger partial charge >= 0.3 is 0 Å². The number of ether oxygens (including phenoxy) is 1. The molecule has 12 heavy (non-hydrogen) atoms. The van der Waals surface area contributed by atoms with Crippen molar-refractivity contribution in [2.24, 2.45) is 0 Å². The second kappa shape index (κ2) is 4.78. The molecule has 2 nitrogen and oxygen atoms in total. The van der Waals surface area contributed by atoms with Gasteiger partial charge < -0.3 is 9.84 Å². The maximum atomic E-state index is 8.66. The van der Waals surface area contributed by atoms with Crippen LogP contribution in [0.1, 0.15) is 12.5 Å². The number of aliphatic hydroxyl groups is 1. The van der Waals surface area contributed by atoms with Crippen LogP contribution in [0.2, 0.25) is 0 Å². The Labute approximate surface area is 72.8 Å². The number of hydrogen-bond acceptors (Lipinski definition) is 2. The molecule has 1 aromatic rings. The minimum Gasteiger partial charge on any atom is -0.494 e. The van der Waals surface area contributed by atoms with E-state index in [1.807, 2.05) is 31.2 Å². The van der Waals surface area contributed by atoms with Gasteiger partial charge in [-0.25, -0.2) is 0 Å². The van der Waals surface area contributed by atoms with Gasteiger partial charge in [0.25, 0.3) is 0 Å². The van der Waals surface area contributed by atoms with Gasteiger partial charge in [-0.15, -0.1) is 0 Å². The molecule has 0 saturated carbocycles. The molecule has 0 radical (unpaired) electrons. The topological polar surface area (TPSA) is 29.5 Å². The van der Waals surface area contributed by atoms with Gasteiger partial charge in [-0.3, -0.25) is 0 Å². The summed E-state index contributed by atoms with van der Waals surface area (Å²) < 4.78 is 5.28. The van der Waals surface area contributed by atoms with Gasteiger partial charge in [-0.05, 0) is 31.0 Å². The highest BCUT2D eigenvalue weighted by Crippen LogP contribution is 2.11. The monoisotopic (exact) mass is 166 g/mol. The van der Waals surface area contributed by atoms with Gasteiger partial charge in [0, 0.05) is 6.61 Å². The summed E-state index contributed by atoms with van der Waals surface area (Å²) in [6.07, 6.45) is 0.715. The van der Waals surface area contributed by atoms with Crippen molar-refractivity contribution in [3.8, 4) is 5.75 Å². The van der Waals surface area contributed by atoms with E-state index in [0.29, 0.717) is 13.0 Å². The third-order valence-electron chi connectivity index (χ3n) is 1.63. The Morgan fingerprint density at radius 1 is 1.25 bits per heavy atom. The lowest BCUT2D eigenvalue weighted by Gasteiger charge is -2.03. The second-order valence-electron chi connectivity index (χ2n) is 2.55. The van der Waals surface area contributed by atoms with Gasteiger partial charge in [0.15, 0.2) is 0 Å². The molecule has 0 amide bonds. The van der Waals surface area contributed by atoms with E-state index >= 15 is 0 Å². The standard InChI is InChI=1S/C10H14O2/c1-2-12-10-5-3-9(4-6-10)7-8-11/h3-6,11H,2,7-8H2,1H3. The van der Waals surface area contributed by atoms with Crippen molar-refractivity contribution in [3.05, 3.63) is 29.8 Å². The SMILES string of the molecule is CCOc1ccc(CCO)cc1. The zero-order chi connectivity index (χ0) is 8.81. The van der Waals surface area contributed by atoms with Crippen LogP contribution in [0.15, 0.2) is 24.3 Å². The summed E-state index contributed by atoms with van der Waals surface area (Å²) in [5.74, 6) is 0.888. The first-order valence-electron chi connectivity index (χ1n) is 4.19. The van der Waals surface area contributed by atoms with Crippen molar-refractivity contribution in [2.45, 2.75) is 13.3 Å². The number of benzene rings is 1. The molecule has 0 unspecified atom stereocenters. The fourth-order valence-electron chi connectivity index (χ4n) is 1.05. The quantitative estimate of drug-likeness (QED) is 0.736. The smallest absolute Gasteiger partial charge is 0.119 e. The average Bonchev–Trinajstić information content (AvgIpc) is 2.09. The summed E-state index contributed by atoms with van der Waals surface area (Å²) in [7, 11) is 0. The van der Waals surface area contributed by atoms with E-state index in [-0.39, 0.29) is 6.61 Å². The molecule has 0 saturated heterocycles. The third-order valence-corrected chi connectivity index (χ3v) is 1.63. The first kappa shape index (κ1) is 9.07. The lowest BCUT2D eigenvalue weighted by atomic mass is 10.1. The third kappa shape index (κ3) is 2.55. The minimum absolute atomic E-state index is 0.202. The van der Waals surface area contributed by atoms with Gasteiger partial charge in [0.2, 0.25) is 0 Å². The first-order chi connectivity index (χ1) is 5.86. The summed E-state index contributed by atoms with van der Waals surface area (Å²) in [6.45, 7) is 2.86. The molecular weight excluding hydrogens is 152 g/mol. The van der Waals surface area contributed by atoms with Crippen LogP contribution in [0.3, 0.4) is 0 Å². The lowest BCUT2D eigenvalue weighted by Crippen LogP contribution is -1.93. The molecule has 0 bridgehead atoms. The molecule has 0 aromatic heterocycles.